The lowest BCUT2D eigenvalue weighted by atomic mass is 10.1. The van der Waals surface area contributed by atoms with Crippen LogP contribution in [0.15, 0.2) is 59.6 Å². The Morgan fingerprint density at radius 3 is 2.21 bits per heavy atom. The van der Waals surface area contributed by atoms with Gasteiger partial charge in [0.15, 0.2) is 5.96 Å². The predicted octanol–water partition coefficient (Wildman–Crippen LogP) is 4.28. The molecule has 0 saturated heterocycles. The van der Waals surface area contributed by atoms with Crippen molar-refractivity contribution in [3.63, 3.8) is 0 Å². The number of rotatable bonds is 5. The number of hydrogen-bond acceptors (Lipinski definition) is 2. The first-order valence-corrected chi connectivity index (χ1v) is 9.19. The van der Waals surface area contributed by atoms with E-state index in [1.807, 2.05) is 29.8 Å². The molecule has 2 aromatic carbocycles. The molecule has 0 atom stereocenters. The van der Waals surface area contributed by atoms with Crippen molar-refractivity contribution in [1.29, 1.82) is 0 Å². The zero-order valence-corrected chi connectivity index (χ0v) is 19.2. The summed E-state index contributed by atoms with van der Waals surface area (Å²) in [5, 5.41) is 11.5. The summed E-state index contributed by atoms with van der Waals surface area (Å²) in [4.78, 5) is 4.33. The van der Waals surface area contributed by atoms with E-state index in [0.717, 1.165) is 29.6 Å². The fourth-order valence-corrected chi connectivity index (χ4v) is 3.04. The van der Waals surface area contributed by atoms with Crippen LogP contribution in [-0.2, 0) is 13.1 Å². The fourth-order valence-electron chi connectivity index (χ4n) is 3.04. The van der Waals surface area contributed by atoms with Crippen LogP contribution in [0, 0.1) is 20.8 Å². The highest BCUT2D eigenvalue weighted by Crippen LogP contribution is 2.17. The third kappa shape index (κ3) is 5.34. The highest BCUT2D eigenvalue weighted by atomic mass is 127. The summed E-state index contributed by atoms with van der Waals surface area (Å²) in [6.45, 7) is 7.66. The number of nitrogens with one attached hydrogen (secondary N) is 2. The fraction of sp³-hybridized carbons (Fsp3) is 0.273. The molecule has 2 N–H and O–H groups in total. The van der Waals surface area contributed by atoms with Gasteiger partial charge in [-0.25, -0.2) is 4.68 Å². The van der Waals surface area contributed by atoms with Crippen molar-refractivity contribution in [1.82, 2.24) is 20.4 Å². The van der Waals surface area contributed by atoms with Crippen molar-refractivity contribution in [2.24, 2.45) is 4.99 Å². The number of guanidine groups is 1. The molecule has 0 spiro atoms. The highest BCUT2D eigenvalue weighted by molar-refractivity contribution is 14.0. The number of aryl methyl sites for hydroxylation is 2. The van der Waals surface area contributed by atoms with Crippen LogP contribution in [0.1, 0.15) is 28.1 Å². The van der Waals surface area contributed by atoms with E-state index in [1.54, 1.807) is 7.05 Å². The Morgan fingerprint density at radius 1 is 0.929 bits per heavy atom. The minimum Gasteiger partial charge on any atom is -0.352 e. The maximum atomic E-state index is 4.70. The van der Waals surface area contributed by atoms with Crippen molar-refractivity contribution in [2.75, 3.05) is 7.05 Å². The third-order valence-electron chi connectivity index (χ3n) is 4.68. The Balaban J connectivity index is 0.00000280. The van der Waals surface area contributed by atoms with Gasteiger partial charge in [0.2, 0.25) is 0 Å². The molecule has 0 amide bonds. The molecule has 0 saturated carbocycles. The summed E-state index contributed by atoms with van der Waals surface area (Å²) >= 11 is 0. The molecule has 0 bridgehead atoms. The van der Waals surface area contributed by atoms with Gasteiger partial charge in [0, 0.05) is 31.4 Å². The maximum Gasteiger partial charge on any atom is 0.191 e. The molecule has 0 unspecified atom stereocenters. The van der Waals surface area contributed by atoms with Crippen LogP contribution in [-0.4, -0.2) is 22.8 Å². The second-order valence-corrected chi connectivity index (χ2v) is 6.66. The maximum absolute atomic E-state index is 4.70. The second kappa shape index (κ2) is 10.3. The molecule has 3 aromatic rings. The van der Waals surface area contributed by atoms with Gasteiger partial charge >= 0.3 is 0 Å². The Kier molecular flexibility index (Phi) is 8.04. The second-order valence-electron chi connectivity index (χ2n) is 6.66. The number of halogens is 1. The van der Waals surface area contributed by atoms with E-state index in [0.29, 0.717) is 6.54 Å². The zero-order chi connectivity index (χ0) is 19.2. The zero-order valence-electron chi connectivity index (χ0n) is 16.9. The van der Waals surface area contributed by atoms with E-state index in [1.165, 1.54) is 16.7 Å². The lowest BCUT2D eigenvalue weighted by Gasteiger charge is -2.12. The summed E-state index contributed by atoms with van der Waals surface area (Å²) in [5.74, 6) is 0.779. The van der Waals surface area contributed by atoms with Gasteiger partial charge in [-0.1, -0.05) is 48.0 Å². The summed E-state index contributed by atoms with van der Waals surface area (Å²) in [6.07, 6.45) is 0. The topological polar surface area (TPSA) is 54.2 Å². The average molecular weight is 489 g/mol. The summed E-state index contributed by atoms with van der Waals surface area (Å²) in [5.41, 5.74) is 6.93. The van der Waals surface area contributed by atoms with Crippen LogP contribution in [0.3, 0.4) is 0 Å². The molecule has 5 nitrogen and oxygen atoms in total. The molecule has 148 valence electrons. The number of nitrogens with zero attached hydrogens (tertiary/aromatic N) is 3. The van der Waals surface area contributed by atoms with Crippen LogP contribution < -0.4 is 10.6 Å². The monoisotopic (exact) mass is 489 g/mol. The number of aromatic nitrogens is 2. The van der Waals surface area contributed by atoms with Crippen LogP contribution >= 0.6 is 24.0 Å². The average Bonchev–Trinajstić information content (AvgIpc) is 2.98. The Morgan fingerprint density at radius 2 is 1.57 bits per heavy atom. The number of benzene rings is 2. The molecular formula is C22H28IN5. The van der Waals surface area contributed by atoms with E-state index in [4.69, 9.17) is 5.10 Å². The molecule has 0 aliphatic heterocycles. The minimum absolute atomic E-state index is 0. The van der Waals surface area contributed by atoms with Gasteiger partial charge in [-0.2, -0.15) is 5.10 Å². The van der Waals surface area contributed by atoms with Crippen molar-refractivity contribution >= 4 is 29.9 Å². The van der Waals surface area contributed by atoms with Crippen molar-refractivity contribution in [3.05, 3.63) is 82.7 Å². The molecule has 3 rings (SSSR count). The predicted molar refractivity (Wildman–Crippen MR) is 127 cm³/mol. The third-order valence-corrected chi connectivity index (χ3v) is 4.68. The molecule has 0 fully saturated rings. The van der Waals surface area contributed by atoms with Gasteiger partial charge in [-0.15, -0.1) is 24.0 Å². The molecule has 1 aromatic heterocycles. The summed E-state index contributed by atoms with van der Waals surface area (Å²) < 4.78 is 1.99. The van der Waals surface area contributed by atoms with Gasteiger partial charge in [0.1, 0.15) is 0 Å². The summed E-state index contributed by atoms with van der Waals surface area (Å²) in [6, 6.07) is 18.7. The van der Waals surface area contributed by atoms with Crippen molar-refractivity contribution in [2.45, 2.75) is 33.9 Å². The number of para-hydroxylation sites is 1. The normalized spacial score (nSPS) is 11.1. The smallest absolute Gasteiger partial charge is 0.191 e. The van der Waals surface area contributed by atoms with E-state index in [-0.39, 0.29) is 24.0 Å². The first kappa shape index (κ1) is 21.9. The first-order chi connectivity index (χ1) is 13.1. The van der Waals surface area contributed by atoms with Gasteiger partial charge in [0.05, 0.1) is 11.4 Å². The molecule has 28 heavy (non-hydrogen) atoms. The molecular weight excluding hydrogens is 461 g/mol. The SMILES string of the molecule is CN=C(NCc1ccc(C)cc1)NCc1c(C)nn(-c2ccccc2)c1C.I. The van der Waals surface area contributed by atoms with Crippen molar-refractivity contribution < 1.29 is 0 Å². The first-order valence-electron chi connectivity index (χ1n) is 9.19. The van der Waals surface area contributed by atoms with Gasteiger partial charge in [-0.05, 0) is 38.5 Å². The van der Waals surface area contributed by atoms with Gasteiger partial charge in [0.25, 0.3) is 0 Å². The lowest BCUT2D eigenvalue weighted by Crippen LogP contribution is -2.36. The largest absolute Gasteiger partial charge is 0.352 e. The van der Waals surface area contributed by atoms with Gasteiger partial charge < -0.3 is 10.6 Å². The van der Waals surface area contributed by atoms with Crippen molar-refractivity contribution in [3.8, 4) is 5.69 Å². The quantitative estimate of drug-likeness (QED) is 0.320. The van der Waals surface area contributed by atoms with E-state index in [2.05, 4.69) is 65.9 Å². The summed E-state index contributed by atoms with van der Waals surface area (Å²) in [7, 11) is 1.79. The van der Waals surface area contributed by atoms with E-state index < -0.39 is 0 Å². The Bertz CT molecular complexity index is 914. The highest BCUT2D eigenvalue weighted by Gasteiger charge is 2.13. The van der Waals surface area contributed by atoms with E-state index in [9.17, 15) is 0 Å². The number of hydrogen-bond donors (Lipinski definition) is 2. The standard InChI is InChI=1S/C22H27N5.HI/c1-16-10-12-19(13-11-16)14-24-22(23-4)25-15-21-17(2)26-27(18(21)3)20-8-6-5-7-9-20;/h5-13H,14-15H2,1-4H3,(H2,23,24,25);1H. The van der Waals surface area contributed by atoms with Crippen LogP contribution in [0.25, 0.3) is 5.69 Å². The number of aliphatic imine (C=N–C) groups is 1. The molecule has 0 aliphatic rings. The Labute approximate surface area is 184 Å². The molecule has 1 heterocycles. The van der Waals surface area contributed by atoms with Crippen LogP contribution in [0.5, 0.6) is 0 Å². The molecule has 0 aliphatic carbocycles. The minimum atomic E-state index is 0. The van der Waals surface area contributed by atoms with E-state index >= 15 is 0 Å². The van der Waals surface area contributed by atoms with Gasteiger partial charge in [-0.3, -0.25) is 4.99 Å². The molecule has 6 heteroatoms. The molecule has 0 radical (unpaired) electrons. The van der Waals surface area contributed by atoms with Crippen LogP contribution in [0.2, 0.25) is 0 Å². The van der Waals surface area contributed by atoms with Crippen LogP contribution in [0.4, 0.5) is 0 Å². The lowest BCUT2D eigenvalue weighted by molar-refractivity contribution is 0.800. The Hall–Kier alpha value is -2.35.